The topological polar surface area (TPSA) is 44.5 Å². The van der Waals surface area contributed by atoms with E-state index in [1.54, 1.807) is 20.3 Å². The van der Waals surface area contributed by atoms with Crippen LogP contribution in [-0.4, -0.2) is 14.2 Å². The SMILES string of the molecule is COc1ccccc1.COc1ccccc1N. The third kappa shape index (κ3) is 4.47. The van der Waals surface area contributed by atoms with Gasteiger partial charge in [0.25, 0.3) is 0 Å². The molecule has 0 radical (unpaired) electrons. The van der Waals surface area contributed by atoms with Gasteiger partial charge in [0, 0.05) is 0 Å². The Morgan fingerprint density at radius 3 is 1.76 bits per heavy atom. The van der Waals surface area contributed by atoms with E-state index in [0.29, 0.717) is 5.69 Å². The molecule has 0 fully saturated rings. The van der Waals surface area contributed by atoms with Crippen LogP contribution >= 0.6 is 0 Å². The molecule has 0 aliphatic rings. The molecule has 0 heterocycles. The van der Waals surface area contributed by atoms with Gasteiger partial charge in [0.15, 0.2) is 0 Å². The number of hydrogen-bond acceptors (Lipinski definition) is 3. The van der Waals surface area contributed by atoms with Crippen LogP contribution in [0.3, 0.4) is 0 Å². The fourth-order valence-electron chi connectivity index (χ4n) is 1.22. The third-order valence-electron chi connectivity index (χ3n) is 2.12. The lowest BCUT2D eigenvalue weighted by Gasteiger charge is -2.00. The Labute approximate surface area is 102 Å². The Balaban J connectivity index is 0.000000171. The predicted octanol–water partition coefficient (Wildman–Crippen LogP) is 2.97. The summed E-state index contributed by atoms with van der Waals surface area (Å²) < 4.78 is 9.83. The minimum absolute atomic E-state index is 0.681. The molecule has 0 bridgehead atoms. The molecule has 17 heavy (non-hydrogen) atoms. The second-order valence-corrected chi connectivity index (χ2v) is 3.26. The molecule has 0 saturated carbocycles. The number of nitrogens with two attached hydrogens (primary N) is 1. The molecule has 0 unspecified atom stereocenters. The van der Waals surface area contributed by atoms with E-state index >= 15 is 0 Å². The molecule has 90 valence electrons. The molecule has 0 aliphatic carbocycles. The largest absolute Gasteiger partial charge is 0.497 e. The number of methoxy groups -OCH3 is 2. The average molecular weight is 231 g/mol. The minimum atomic E-state index is 0.681. The Hall–Kier alpha value is -2.16. The summed E-state index contributed by atoms with van der Waals surface area (Å²) in [4.78, 5) is 0. The molecular weight excluding hydrogens is 214 g/mol. The zero-order chi connectivity index (χ0) is 12.5. The van der Waals surface area contributed by atoms with Crippen molar-refractivity contribution < 1.29 is 9.47 Å². The summed E-state index contributed by atoms with van der Waals surface area (Å²) in [6.45, 7) is 0. The van der Waals surface area contributed by atoms with Crippen LogP contribution in [0.5, 0.6) is 11.5 Å². The summed E-state index contributed by atoms with van der Waals surface area (Å²) in [7, 11) is 3.26. The standard InChI is InChI=1S/C7H9NO.C7H8O/c1-9-7-5-3-2-4-6(7)8;1-8-7-5-3-2-4-6-7/h2-5H,8H2,1H3;2-6H,1H3. The maximum absolute atomic E-state index is 5.51. The molecule has 2 aromatic carbocycles. The minimum Gasteiger partial charge on any atom is -0.497 e. The van der Waals surface area contributed by atoms with Gasteiger partial charge in [-0.25, -0.2) is 0 Å². The highest BCUT2D eigenvalue weighted by Gasteiger charge is 1.91. The summed E-state index contributed by atoms with van der Waals surface area (Å²) in [6, 6.07) is 17.1. The smallest absolute Gasteiger partial charge is 0.141 e. The number of nitrogen functional groups attached to an aromatic ring is 1. The fourth-order valence-corrected chi connectivity index (χ4v) is 1.22. The highest BCUT2D eigenvalue weighted by atomic mass is 16.5. The molecule has 3 heteroatoms. The van der Waals surface area contributed by atoms with Crippen molar-refractivity contribution in [1.82, 2.24) is 0 Å². The van der Waals surface area contributed by atoms with Crippen LogP contribution in [0.2, 0.25) is 0 Å². The maximum atomic E-state index is 5.51. The van der Waals surface area contributed by atoms with Crippen LogP contribution in [-0.2, 0) is 0 Å². The van der Waals surface area contributed by atoms with Gasteiger partial charge >= 0.3 is 0 Å². The molecule has 0 amide bonds. The van der Waals surface area contributed by atoms with E-state index < -0.39 is 0 Å². The second-order valence-electron chi connectivity index (χ2n) is 3.26. The molecule has 0 atom stereocenters. The van der Waals surface area contributed by atoms with E-state index in [-0.39, 0.29) is 0 Å². The fraction of sp³-hybridized carbons (Fsp3) is 0.143. The number of anilines is 1. The van der Waals surface area contributed by atoms with Crippen molar-refractivity contribution in [2.24, 2.45) is 0 Å². The maximum Gasteiger partial charge on any atom is 0.141 e. The van der Waals surface area contributed by atoms with Crippen LogP contribution in [0.15, 0.2) is 54.6 Å². The van der Waals surface area contributed by atoms with Gasteiger partial charge in [-0.15, -0.1) is 0 Å². The molecule has 2 aromatic rings. The average Bonchev–Trinajstić information content (AvgIpc) is 2.41. The molecule has 2 N–H and O–H groups in total. The molecule has 2 rings (SSSR count). The van der Waals surface area contributed by atoms with Gasteiger partial charge in [0.05, 0.1) is 19.9 Å². The van der Waals surface area contributed by atoms with Crippen molar-refractivity contribution in [3.05, 3.63) is 54.6 Å². The first-order valence-electron chi connectivity index (χ1n) is 5.25. The Bertz CT molecular complexity index is 429. The lowest BCUT2D eigenvalue weighted by Crippen LogP contribution is -1.89. The summed E-state index contributed by atoms with van der Waals surface area (Å²) in [5.74, 6) is 1.64. The lowest BCUT2D eigenvalue weighted by atomic mass is 10.3. The van der Waals surface area contributed by atoms with Gasteiger partial charge in [0.1, 0.15) is 11.5 Å². The van der Waals surface area contributed by atoms with Crippen molar-refractivity contribution >= 4 is 5.69 Å². The summed E-state index contributed by atoms with van der Waals surface area (Å²) in [6.07, 6.45) is 0. The van der Waals surface area contributed by atoms with E-state index in [2.05, 4.69) is 0 Å². The quantitative estimate of drug-likeness (QED) is 0.808. The molecule has 3 nitrogen and oxygen atoms in total. The van der Waals surface area contributed by atoms with E-state index in [4.69, 9.17) is 15.2 Å². The van der Waals surface area contributed by atoms with Crippen LogP contribution in [0.25, 0.3) is 0 Å². The summed E-state index contributed by atoms with van der Waals surface area (Å²) in [5, 5.41) is 0. The van der Waals surface area contributed by atoms with Gasteiger partial charge in [-0.2, -0.15) is 0 Å². The van der Waals surface area contributed by atoms with Crippen LogP contribution in [0, 0.1) is 0 Å². The molecule has 0 spiro atoms. The molecule has 0 aliphatic heterocycles. The molecule has 0 aromatic heterocycles. The van der Waals surface area contributed by atoms with E-state index in [9.17, 15) is 0 Å². The van der Waals surface area contributed by atoms with Crippen molar-refractivity contribution in [1.29, 1.82) is 0 Å². The first-order chi connectivity index (χ1) is 8.27. The number of para-hydroxylation sites is 3. The van der Waals surface area contributed by atoms with Gasteiger partial charge in [0.2, 0.25) is 0 Å². The Kier molecular flexibility index (Phi) is 5.44. The van der Waals surface area contributed by atoms with E-state index in [1.165, 1.54) is 0 Å². The highest BCUT2D eigenvalue weighted by molar-refractivity contribution is 5.51. The molecule has 0 saturated heterocycles. The predicted molar refractivity (Wildman–Crippen MR) is 70.4 cm³/mol. The number of rotatable bonds is 2. The van der Waals surface area contributed by atoms with Gasteiger partial charge in [-0.05, 0) is 24.3 Å². The molecular formula is C14H17NO2. The highest BCUT2D eigenvalue weighted by Crippen LogP contribution is 2.18. The zero-order valence-corrected chi connectivity index (χ0v) is 10.1. The van der Waals surface area contributed by atoms with Gasteiger partial charge in [-0.1, -0.05) is 30.3 Å². The van der Waals surface area contributed by atoms with Crippen LogP contribution in [0.4, 0.5) is 5.69 Å². The van der Waals surface area contributed by atoms with E-state index in [1.807, 2.05) is 48.5 Å². The Morgan fingerprint density at radius 1 is 0.765 bits per heavy atom. The van der Waals surface area contributed by atoms with Crippen molar-refractivity contribution in [3.8, 4) is 11.5 Å². The first kappa shape index (κ1) is 12.9. The third-order valence-corrected chi connectivity index (χ3v) is 2.12. The van der Waals surface area contributed by atoms with E-state index in [0.717, 1.165) is 11.5 Å². The Morgan fingerprint density at radius 2 is 1.35 bits per heavy atom. The summed E-state index contributed by atoms with van der Waals surface area (Å²) >= 11 is 0. The second kappa shape index (κ2) is 7.17. The van der Waals surface area contributed by atoms with Crippen molar-refractivity contribution in [2.75, 3.05) is 20.0 Å². The van der Waals surface area contributed by atoms with Crippen molar-refractivity contribution in [2.45, 2.75) is 0 Å². The van der Waals surface area contributed by atoms with Crippen LogP contribution in [0.1, 0.15) is 0 Å². The summed E-state index contributed by atoms with van der Waals surface area (Å²) in [5.41, 5.74) is 6.19. The van der Waals surface area contributed by atoms with Gasteiger partial charge < -0.3 is 15.2 Å². The van der Waals surface area contributed by atoms with Gasteiger partial charge in [-0.3, -0.25) is 0 Å². The number of hydrogen-bond donors (Lipinski definition) is 1. The number of ether oxygens (including phenoxy) is 2. The lowest BCUT2D eigenvalue weighted by molar-refractivity contribution is 0.415. The number of benzene rings is 2. The van der Waals surface area contributed by atoms with Crippen molar-refractivity contribution in [3.63, 3.8) is 0 Å². The van der Waals surface area contributed by atoms with Crippen LogP contribution < -0.4 is 15.2 Å². The normalized spacial score (nSPS) is 8.82. The first-order valence-corrected chi connectivity index (χ1v) is 5.25. The monoisotopic (exact) mass is 231 g/mol. The zero-order valence-electron chi connectivity index (χ0n) is 10.1.